The fraction of sp³-hybridized carbons (Fsp3) is 0.400. The average Bonchev–Trinajstić information content (AvgIpc) is 3.05. The van der Waals surface area contributed by atoms with Gasteiger partial charge in [0.15, 0.2) is 0 Å². The molecule has 15 heavy (non-hydrogen) atoms. The van der Waals surface area contributed by atoms with Crippen LogP contribution < -0.4 is 0 Å². The summed E-state index contributed by atoms with van der Waals surface area (Å²) in [6, 6.07) is 6.50. The van der Waals surface area contributed by atoms with Crippen molar-refractivity contribution in [3.63, 3.8) is 0 Å². The summed E-state index contributed by atoms with van der Waals surface area (Å²) in [7, 11) is -2.37. The highest BCUT2D eigenvalue weighted by Crippen LogP contribution is 2.11. The second-order valence-electron chi connectivity index (χ2n) is 3.05. The summed E-state index contributed by atoms with van der Waals surface area (Å²) in [6.45, 7) is 3.89. The molecule has 1 aromatic carbocycles. The number of hydrogen-bond donors (Lipinski definition) is 0. The van der Waals surface area contributed by atoms with Crippen LogP contribution in [0.1, 0.15) is 5.56 Å². The molecule has 1 aliphatic heterocycles. The van der Waals surface area contributed by atoms with Crippen molar-refractivity contribution in [2.24, 2.45) is 0 Å². The maximum Gasteiger partial charge on any atom is 0.296 e. The van der Waals surface area contributed by atoms with Crippen LogP contribution in [0, 0.1) is 6.92 Å². The first-order valence-electron chi connectivity index (χ1n) is 4.51. The second kappa shape index (κ2) is 5.25. The maximum atomic E-state index is 11.1. The van der Waals surface area contributed by atoms with Gasteiger partial charge in [0.2, 0.25) is 0 Å². The van der Waals surface area contributed by atoms with Gasteiger partial charge in [-0.2, -0.15) is 8.42 Å². The van der Waals surface area contributed by atoms with Crippen molar-refractivity contribution in [3.05, 3.63) is 29.8 Å². The molecule has 0 atom stereocenters. The van der Waals surface area contributed by atoms with E-state index in [0.717, 1.165) is 25.9 Å². The third kappa shape index (κ3) is 4.42. The maximum absolute atomic E-state index is 11.1. The third-order valence-electron chi connectivity index (χ3n) is 1.73. The van der Waals surface area contributed by atoms with Crippen molar-refractivity contribution >= 4 is 10.1 Å². The van der Waals surface area contributed by atoms with Crippen molar-refractivity contribution < 1.29 is 17.3 Å². The van der Waals surface area contributed by atoms with Gasteiger partial charge < -0.3 is 4.74 Å². The van der Waals surface area contributed by atoms with Gasteiger partial charge in [-0.25, -0.2) is 0 Å². The zero-order valence-electron chi connectivity index (χ0n) is 8.76. The Balaban J connectivity index is 0.000000319. The molecule has 0 aliphatic carbocycles. The van der Waals surface area contributed by atoms with E-state index in [1.54, 1.807) is 12.1 Å². The second-order valence-corrected chi connectivity index (χ2v) is 4.76. The fourth-order valence-corrected chi connectivity index (χ4v) is 1.46. The largest absolute Gasteiger partial charge is 0.377 e. The molecule has 0 saturated carbocycles. The molecule has 0 radical (unpaired) electrons. The molecule has 5 heteroatoms. The summed E-state index contributed by atoms with van der Waals surface area (Å²) in [6.07, 6.45) is 0. The van der Waals surface area contributed by atoms with Crippen LogP contribution >= 0.6 is 0 Å². The van der Waals surface area contributed by atoms with E-state index < -0.39 is 10.1 Å². The van der Waals surface area contributed by atoms with Crippen LogP contribution in [0.25, 0.3) is 0 Å². The Labute approximate surface area is 90.0 Å². The first-order chi connectivity index (χ1) is 7.06. The summed E-state index contributed by atoms with van der Waals surface area (Å²) in [4.78, 5) is 0.190. The molecule has 0 aromatic heterocycles. The van der Waals surface area contributed by atoms with Crippen LogP contribution in [0.5, 0.6) is 0 Å². The van der Waals surface area contributed by atoms with Crippen molar-refractivity contribution in [1.29, 1.82) is 0 Å². The fourth-order valence-electron chi connectivity index (χ4n) is 0.801. The predicted molar refractivity (Wildman–Crippen MR) is 56.2 cm³/mol. The van der Waals surface area contributed by atoms with Gasteiger partial charge >= 0.3 is 0 Å². The van der Waals surface area contributed by atoms with Gasteiger partial charge in [0.1, 0.15) is 0 Å². The van der Waals surface area contributed by atoms with E-state index in [1.807, 2.05) is 6.92 Å². The minimum Gasteiger partial charge on any atom is -0.377 e. The lowest BCUT2D eigenvalue weighted by atomic mass is 10.2. The van der Waals surface area contributed by atoms with Crippen molar-refractivity contribution in [3.8, 4) is 0 Å². The molecular weight excluding hydrogens is 216 g/mol. The molecule has 2 rings (SSSR count). The number of rotatable bonds is 2. The van der Waals surface area contributed by atoms with Gasteiger partial charge in [-0.15, -0.1) is 0 Å². The van der Waals surface area contributed by atoms with Gasteiger partial charge in [-0.3, -0.25) is 4.18 Å². The Morgan fingerprint density at radius 1 is 1.20 bits per heavy atom. The summed E-state index contributed by atoms with van der Waals surface area (Å²) >= 11 is 0. The van der Waals surface area contributed by atoms with Crippen LogP contribution in [-0.2, 0) is 19.0 Å². The molecule has 0 N–H and O–H groups in total. The molecule has 0 unspecified atom stereocenters. The number of ether oxygens (including phenoxy) is 1. The van der Waals surface area contributed by atoms with E-state index in [2.05, 4.69) is 8.92 Å². The molecule has 1 aliphatic rings. The Morgan fingerprint density at radius 2 is 1.67 bits per heavy atom. The molecule has 4 nitrogen and oxygen atoms in total. The van der Waals surface area contributed by atoms with E-state index in [1.165, 1.54) is 12.1 Å². The van der Waals surface area contributed by atoms with E-state index in [-0.39, 0.29) is 4.90 Å². The Bertz CT molecular complexity index is 389. The average molecular weight is 230 g/mol. The molecule has 0 bridgehead atoms. The highest BCUT2D eigenvalue weighted by molar-refractivity contribution is 7.86. The Morgan fingerprint density at radius 3 is 2.00 bits per heavy atom. The monoisotopic (exact) mass is 230 g/mol. The Kier molecular flexibility index (Phi) is 4.26. The van der Waals surface area contributed by atoms with Gasteiger partial charge in [-0.1, -0.05) is 17.7 Å². The van der Waals surface area contributed by atoms with Crippen molar-refractivity contribution in [2.45, 2.75) is 11.8 Å². The summed E-state index contributed by atoms with van der Waals surface area (Å²) in [5.41, 5.74) is 1.02. The van der Waals surface area contributed by atoms with Crippen molar-refractivity contribution in [1.82, 2.24) is 0 Å². The first-order valence-corrected chi connectivity index (χ1v) is 5.92. The minimum absolute atomic E-state index is 0.190. The van der Waals surface area contributed by atoms with E-state index in [4.69, 9.17) is 0 Å². The molecular formula is C10H14O4S. The van der Waals surface area contributed by atoms with Gasteiger partial charge in [0.25, 0.3) is 10.1 Å². The number of aryl methyl sites for hydroxylation is 1. The van der Waals surface area contributed by atoms with E-state index in [9.17, 15) is 8.42 Å². The quantitative estimate of drug-likeness (QED) is 0.568. The van der Waals surface area contributed by atoms with Crippen molar-refractivity contribution in [2.75, 3.05) is 20.3 Å². The van der Waals surface area contributed by atoms with Crippen LogP contribution in [0.3, 0.4) is 0 Å². The highest BCUT2D eigenvalue weighted by atomic mass is 32.2. The van der Waals surface area contributed by atoms with E-state index >= 15 is 0 Å². The van der Waals surface area contributed by atoms with Gasteiger partial charge in [0.05, 0.1) is 25.2 Å². The van der Waals surface area contributed by atoms with Crippen LogP contribution in [0.15, 0.2) is 29.2 Å². The lowest BCUT2D eigenvalue weighted by Crippen LogP contribution is -2.02. The normalized spacial score (nSPS) is 14.0. The molecule has 1 heterocycles. The zero-order chi connectivity index (χ0) is 11.3. The highest BCUT2D eigenvalue weighted by Gasteiger charge is 2.10. The topological polar surface area (TPSA) is 55.9 Å². The Hall–Kier alpha value is -0.910. The summed E-state index contributed by atoms with van der Waals surface area (Å²) in [5, 5.41) is 0. The van der Waals surface area contributed by atoms with Crippen LogP contribution in [0.2, 0.25) is 0 Å². The standard InChI is InChI=1S/C8H10O3S.C2H4O/c1-7-3-5-8(6-4-7)12(9,10)11-2;1-2-3-1/h3-6H,1-2H3;1-2H2. The van der Waals surface area contributed by atoms with E-state index in [0.29, 0.717) is 0 Å². The van der Waals surface area contributed by atoms with Gasteiger partial charge in [-0.05, 0) is 19.1 Å². The summed E-state index contributed by atoms with van der Waals surface area (Å²) in [5.74, 6) is 0. The third-order valence-corrected chi connectivity index (χ3v) is 3.02. The van der Waals surface area contributed by atoms with Crippen LogP contribution in [0.4, 0.5) is 0 Å². The summed E-state index contributed by atoms with van der Waals surface area (Å²) < 4.78 is 31.0. The lowest BCUT2D eigenvalue weighted by Gasteiger charge is -2.00. The predicted octanol–water partition coefficient (Wildman–Crippen LogP) is 1.35. The SMILES string of the molecule is C1CO1.COS(=O)(=O)c1ccc(C)cc1. The van der Waals surface area contributed by atoms with Crippen LogP contribution in [-0.4, -0.2) is 28.7 Å². The molecule has 0 spiro atoms. The first kappa shape index (κ1) is 12.2. The molecule has 1 aromatic rings. The smallest absolute Gasteiger partial charge is 0.296 e. The lowest BCUT2D eigenvalue weighted by molar-refractivity contribution is 0.398. The molecule has 1 fully saturated rings. The molecule has 0 amide bonds. The zero-order valence-corrected chi connectivity index (χ0v) is 9.58. The number of benzene rings is 1. The number of epoxide rings is 1. The number of hydrogen-bond acceptors (Lipinski definition) is 4. The molecule has 1 saturated heterocycles. The molecule has 84 valence electrons. The minimum atomic E-state index is -3.51. The van der Waals surface area contributed by atoms with Gasteiger partial charge in [0, 0.05) is 0 Å².